The Balaban J connectivity index is 1.85. The Kier molecular flexibility index (Phi) is 4.97. The summed E-state index contributed by atoms with van der Waals surface area (Å²) in [4.78, 5) is 7.94. The fourth-order valence-corrected chi connectivity index (χ4v) is 4.79. The Labute approximate surface area is 172 Å². The molecule has 28 heavy (non-hydrogen) atoms. The van der Waals surface area contributed by atoms with Crippen molar-refractivity contribution >= 4 is 38.6 Å². The first kappa shape index (κ1) is 18.7. The van der Waals surface area contributed by atoms with Gasteiger partial charge in [0, 0.05) is 36.6 Å². The van der Waals surface area contributed by atoms with E-state index < -0.39 is 9.84 Å². The van der Waals surface area contributed by atoms with Crippen LogP contribution >= 0.6 is 22.9 Å². The first-order valence-electron chi connectivity index (χ1n) is 8.37. The van der Waals surface area contributed by atoms with Crippen molar-refractivity contribution in [3.63, 3.8) is 0 Å². The Bertz CT molecular complexity index is 1170. The second-order valence-electron chi connectivity index (χ2n) is 6.15. The quantitative estimate of drug-likeness (QED) is 0.640. The number of nitrogens with zero attached hydrogens (tertiary/aromatic N) is 2. The minimum Gasteiger partial charge on any atom is -0.365 e. The molecule has 4 rings (SSSR count). The summed E-state index contributed by atoms with van der Waals surface area (Å²) in [5, 5.41) is 4.43. The Morgan fingerprint density at radius 2 is 1.71 bits per heavy atom. The van der Waals surface area contributed by atoms with Gasteiger partial charge >= 0.3 is 0 Å². The molecule has 0 atom stereocenters. The molecule has 1 aliphatic rings. The average Bonchev–Trinajstić information content (AvgIpc) is 3.14. The summed E-state index contributed by atoms with van der Waals surface area (Å²) < 4.78 is 23.5. The van der Waals surface area contributed by atoms with Crippen LogP contribution in [0.1, 0.15) is 0 Å². The van der Waals surface area contributed by atoms with E-state index in [1.807, 2.05) is 54.0 Å². The number of thiazole rings is 1. The van der Waals surface area contributed by atoms with Crippen LogP contribution in [0.3, 0.4) is 0 Å². The Hall–Kier alpha value is -2.61. The van der Waals surface area contributed by atoms with Crippen LogP contribution in [-0.2, 0) is 9.84 Å². The summed E-state index contributed by atoms with van der Waals surface area (Å²) in [6.07, 6.45) is 8.57. The minimum atomic E-state index is -3.25. The molecule has 2 aromatic carbocycles. The highest BCUT2D eigenvalue weighted by molar-refractivity contribution is 7.90. The molecule has 1 N–H and O–H groups in total. The molecule has 0 amide bonds. The molecule has 0 spiro atoms. The smallest absolute Gasteiger partial charge is 0.175 e. The van der Waals surface area contributed by atoms with Gasteiger partial charge < -0.3 is 10.2 Å². The minimum absolute atomic E-state index is 0.288. The van der Waals surface area contributed by atoms with Crippen molar-refractivity contribution in [2.75, 3.05) is 11.2 Å². The molecular formula is C20H16ClN3O2S2. The molecule has 3 aromatic rings. The number of aromatic nitrogens is 1. The Morgan fingerprint density at radius 3 is 2.36 bits per heavy atom. The highest BCUT2D eigenvalue weighted by Crippen LogP contribution is 2.42. The van der Waals surface area contributed by atoms with Crippen molar-refractivity contribution in [3.05, 3.63) is 78.4 Å². The lowest BCUT2D eigenvalue weighted by Gasteiger charge is -2.17. The number of anilines is 1. The molecule has 1 aliphatic heterocycles. The third kappa shape index (κ3) is 3.69. The zero-order valence-corrected chi connectivity index (χ0v) is 17.2. The predicted octanol–water partition coefficient (Wildman–Crippen LogP) is 4.89. The van der Waals surface area contributed by atoms with E-state index in [0.717, 1.165) is 26.8 Å². The van der Waals surface area contributed by atoms with Crippen LogP contribution in [0.25, 0.3) is 21.0 Å². The highest BCUT2D eigenvalue weighted by Gasteiger charge is 2.20. The molecule has 0 radical (unpaired) electrons. The van der Waals surface area contributed by atoms with Crippen LogP contribution < -0.4 is 10.2 Å². The number of hydrogen-bond acceptors (Lipinski definition) is 6. The second kappa shape index (κ2) is 7.43. The first-order chi connectivity index (χ1) is 13.4. The van der Waals surface area contributed by atoms with Gasteiger partial charge in [-0.3, -0.25) is 0 Å². The molecule has 8 heteroatoms. The van der Waals surface area contributed by atoms with Crippen molar-refractivity contribution in [2.45, 2.75) is 4.90 Å². The topological polar surface area (TPSA) is 62.3 Å². The number of sulfone groups is 1. The standard InChI is InChI=1S/C20H16ClN3O2S2/c1-28(25,26)15-8-6-14(7-9-15)18-19(24-12-10-22-11-13-24)23-20(27-18)16-4-2-3-5-17(16)21/h2-13,22H,1H3. The van der Waals surface area contributed by atoms with Gasteiger partial charge in [-0.15, -0.1) is 11.3 Å². The van der Waals surface area contributed by atoms with E-state index in [4.69, 9.17) is 16.6 Å². The predicted molar refractivity (Wildman–Crippen MR) is 115 cm³/mol. The molecule has 0 saturated carbocycles. The van der Waals surface area contributed by atoms with Crippen molar-refractivity contribution in [2.24, 2.45) is 0 Å². The average molecular weight is 430 g/mol. The number of nitrogens with one attached hydrogen (secondary N) is 1. The van der Waals surface area contributed by atoms with Crippen molar-refractivity contribution in [1.29, 1.82) is 0 Å². The zero-order valence-electron chi connectivity index (χ0n) is 14.8. The van der Waals surface area contributed by atoms with Gasteiger partial charge in [0.05, 0.1) is 14.8 Å². The molecule has 5 nitrogen and oxygen atoms in total. The van der Waals surface area contributed by atoms with Crippen LogP contribution in [0.5, 0.6) is 0 Å². The molecular weight excluding hydrogens is 414 g/mol. The van der Waals surface area contributed by atoms with E-state index in [2.05, 4.69) is 5.32 Å². The third-order valence-corrected chi connectivity index (χ3v) is 6.75. The van der Waals surface area contributed by atoms with Crippen LogP contribution in [-0.4, -0.2) is 19.7 Å². The summed E-state index contributed by atoms with van der Waals surface area (Å²) >= 11 is 7.88. The van der Waals surface area contributed by atoms with Crippen LogP contribution in [0.2, 0.25) is 5.02 Å². The van der Waals surface area contributed by atoms with Crippen LogP contribution in [0, 0.1) is 0 Å². The van der Waals surface area contributed by atoms with Crippen molar-refractivity contribution in [3.8, 4) is 21.0 Å². The van der Waals surface area contributed by atoms with Gasteiger partial charge in [-0.2, -0.15) is 0 Å². The van der Waals surface area contributed by atoms with Crippen LogP contribution in [0.4, 0.5) is 5.82 Å². The number of halogens is 1. The normalized spacial score (nSPS) is 13.6. The van der Waals surface area contributed by atoms with Crippen molar-refractivity contribution in [1.82, 2.24) is 10.3 Å². The molecule has 0 bridgehead atoms. The van der Waals surface area contributed by atoms with Gasteiger partial charge in [-0.1, -0.05) is 41.9 Å². The fraction of sp³-hybridized carbons (Fsp3) is 0.0500. The molecule has 0 saturated heterocycles. The molecule has 1 aromatic heterocycles. The summed E-state index contributed by atoms with van der Waals surface area (Å²) in [6, 6.07) is 14.4. The van der Waals surface area contributed by atoms with E-state index in [1.165, 1.54) is 17.6 Å². The molecule has 0 aliphatic carbocycles. The lowest BCUT2D eigenvalue weighted by atomic mass is 10.2. The lowest BCUT2D eigenvalue weighted by Crippen LogP contribution is -2.15. The summed E-state index contributed by atoms with van der Waals surface area (Å²) in [6.45, 7) is 0. The van der Waals surface area contributed by atoms with Gasteiger partial charge in [0.2, 0.25) is 0 Å². The summed E-state index contributed by atoms with van der Waals surface area (Å²) in [5.74, 6) is 0.751. The third-order valence-electron chi connectivity index (χ3n) is 4.17. The fourth-order valence-electron chi connectivity index (χ4n) is 2.77. The number of hydrogen-bond donors (Lipinski definition) is 1. The van der Waals surface area contributed by atoms with E-state index in [-0.39, 0.29) is 4.90 Å². The maximum atomic E-state index is 11.8. The van der Waals surface area contributed by atoms with Crippen LogP contribution in [0.15, 0.2) is 78.2 Å². The number of benzene rings is 2. The molecule has 0 fully saturated rings. The highest BCUT2D eigenvalue weighted by atomic mass is 35.5. The zero-order chi connectivity index (χ0) is 19.7. The maximum Gasteiger partial charge on any atom is 0.175 e. The number of rotatable bonds is 4. The van der Waals surface area contributed by atoms with E-state index in [9.17, 15) is 8.42 Å². The molecule has 2 heterocycles. The first-order valence-corrected chi connectivity index (χ1v) is 11.5. The largest absolute Gasteiger partial charge is 0.365 e. The van der Waals surface area contributed by atoms with E-state index in [0.29, 0.717) is 5.02 Å². The second-order valence-corrected chi connectivity index (χ2v) is 9.58. The lowest BCUT2D eigenvalue weighted by molar-refractivity contribution is 0.602. The molecule has 142 valence electrons. The monoisotopic (exact) mass is 429 g/mol. The summed E-state index contributed by atoms with van der Waals surface area (Å²) in [5.41, 5.74) is 1.75. The van der Waals surface area contributed by atoms with Gasteiger partial charge in [0.15, 0.2) is 15.7 Å². The van der Waals surface area contributed by atoms with Gasteiger partial charge in [-0.05, 0) is 23.8 Å². The van der Waals surface area contributed by atoms with Crippen molar-refractivity contribution < 1.29 is 8.42 Å². The summed E-state index contributed by atoms with van der Waals surface area (Å²) in [7, 11) is -3.25. The van der Waals surface area contributed by atoms with Gasteiger partial charge in [-0.25, -0.2) is 13.4 Å². The van der Waals surface area contributed by atoms with E-state index >= 15 is 0 Å². The van der Waals surface area contributed by atoms with Gasteiger partial charge in [0.25, 0.3) is 0 Å². The molecule has 0 unspecified atom stereocenters. The maximum absolute atomic E-state index is 11.8. The Morgan fingerprint density at radius 1 is 1.04 bits per heavy atom. The van der Waals surface area contributed by atoms with E-state index in [1.54, 1.807) is 24.3 Å². The van der Waals surface area contributed by atoms with Gasteiger partial charge in [0.1, 0.15) is 5.01 Å². The SMILES string of the molecule is CS(=O)(=O)c1ccc(-c2sc(-c3ccccc3Cl)nc2N2C=CNC=C2)cc1.